The first kappa shape index (κ1) is 28.8. The molecule has 1 unspecified atom stereocenters. The van der Waals surface area contributed by atoms with Crippen LogP contribution in [-0.4, -0.2) is 45.3 Å². The molecule has 0 spiro atoms. The topological polar surface area (TPSA) is 136 Å². The van der Waals surface area contributed by atoms with Crippen molar-refractivity contribution < 1.29 is 8.42 Å². The van der Waals surface area contributed by atoms with E-state index < -0.39 is 16.1 Å². The first-order valence-corrected chi connectivity index (χ1v) is 15.8. The van der Waals surface area contributed by atoms with Crippen LogP contribution in [0, 0.1) is 0 Å². The van der Waals surface area contributed by atoms with E-state index in [0.29, 0.717) is 57.5 Å². The molecule has 3 heterocycles. The Morgan fingerprint density at radius 2 is 1.70 bits per heavy atom. The Hall–Kier alpha value is -4.32. The molecule has 43 heavy (non-hydrogen) atoms. The maximum Gasteiger partial charge on any atom is 0.267 e. The van der Waals surface area contributed by atoms with Gasteiger partial charge in [0.1, 0.15) is 11.6 Å². The van der Waals surface area contributed by atoms with E-state index in [9.17, 15) is 13.2 Å². The van der Waals surface area contributed by atoms with Gasteiger partial charge in [-0.2, -0.15) is 9.29 Å². The van der Waals surface area contributed by atoms with Crippen molar-refractivity contribution in [1.82, 2.24) is 23.8 Å². The first-order chi connectivity index (χ1) is 20.7. The zero-order valence-corrected chi connectivity index (χ0v) is 25.0. The number of nitrogens with zero attached hydrogens (tertiary/aromatic N) is 5. The Bertz CT molecular complexity index is 1980. The number of halogens is 1. The van der Waals surface area contributed by atoms with Crippen LogP contribution in [0.1, 0.15) is 38.1 Å². The fourth-order valence-corrected chi connectivity index (χ4v) is 7.20. The second-order valence-electron chi connectivity index (χ2n) is 10.4. The maximum atomic E-state index is 13.8. The fraction of sp³-hybridized carbons (Fsp3) is 0.226. The van der Waals surface area contributed by atoms with Gasteiger partial charge in [0.25, 0.3) is 5.56 Å². The van der Waals surface area contributed by atoms with Crippen LogP contribution in [0.4, 0.5) is 11.8 Å². The van der Waals surface area contributed by atoms with E-state index in [4.69, 9.17) is 22.3 Å². The van der Waals surface area contributed by atoms with Gasteiger partial charge in [0.05, 0.1) is 32.6 Å². The van der Waals surface area contributed by atoms with Gasteiger partial charge in [-0.3, -0.25) is 9.36 Å². The molecule has 0 amide bonds. The molecule has 3 N–H and O–H groups in total. The van der Waals surface area contributed by atoms with Crippen molar-refractivity contribution in [3.63, 3.8) is 0 Å². The van der Waals surface area contributed by atoms with Crippen molar-refractivity contribution in [2.75, 3.05) is 24.1 Å². The van der Waals surface area contributed by atoms with Crippen molar-refractivity contribution >= 4 is 44.3 Å². The SMILES string of the molecule is CC(Nc1nc(N)ncc1-c1cccc(S(=O)(=O)N2CCCCC2)c1)c1nc2cccc(Cl)c2c(=O)n1-c1ccccc1. The molecular weight excluding hydrogens is 586 g/mol. The molecule has 2 aromatic heterocycles. The quantitative estimate of drug-likeness (QED) is 0.247. The Balaban J connectivity index is 1.43. The summed E-state index contributed by atoms with van der Waals surface area (Å²) in [6.07, 6.45) is 4.28. The van der Waals surface area contributed by atoms with E-state index in [0.717, 1.165) is 19.3 Å². The molecule has 0 saturated carbocycles. The van der Waals surface area contributed by atoms with Gasteiger partial charge in [-0.25, -0.2) is 18.4 Å². The number of sulfonamides is 1. The van der Waals surface area contributed by atoms with Gasteiger partial charge >= 0.3 is 0 Å². The summed E-state index contributed by atoms with van der Waals surface area (Å²) in [6, 6.07) is 20.5. The lowest BCUT2D eigenvalue weighted by molar-refractivity contribution is 0.346. The minimum atomic E-state index is -3.66. The minimum absolute atomic E-state index is 0.0363. The molecule has 5 aromatic rings. The summed E-state index contributed by atoms with van der Waals surface area (Å²) in [5, 5.41) is 4.00. The van der Waals surface area contributed by atoms with Crippen molar-refractivity contribution in [2.24, 2.45) is 0 Å². The van der Waals surface area contributed by atoms with Crippen LogP contribution in [0.3, 0.4) is 0 Å². The molecule has 1 fully saturated rings. The predicted molar refractivity (Wildman–Crippen MR) is 169 cm³/mol. The lowest BCUT2D eigenvalue weighted by Crippen LogP contribution is -2.35. The summed E-state index contributed by atoms with van der Waals surface area (Å²) in [6.45, 7) is 2.88. The number of anilines is 2. The molecule has 10 nitrogen and oxygen atoms in total. The normalized spacial score (nSPS) is 14.9. The monoisotopic (exact) mass is 615 g/mol. The highest BCUT2D eigenvalue weighted by Gasteiger charge is 2.27. The summed E-state index contributed by atoms with van der Waals surface area (Å²) in [7, 11) is -3.66. The highest BCUT2D eigenvalue weighted by Crippen LogP contribution is 2.32. The van der Waals surface area contributed by atoms with Crippen LogP contribution in [0.5, 0.6) is 0 Å². The van der Waals surface area contributed by atoms with E-state index in [1.165, 1.54) is 8.87 Å². The van der Waals surface area contributed by atoms with Crippen molar-refractivity contribution in [3.05, 3.63) is 100 Å². The van der Waals surface area contributed by atoms with E-state index >= 15 is 0 Å². The zero-order chi connectivity index (χ0) is 30.1. The van der Waals surface area contributed by atoms with Crippen molar-refractivity contribution in [3.8, 4) is 16.8 Å². The summed E-state index contributed by atoms with van der Waals surface area (Å²) in [5.41, 5.74) is 7.95. The van der Waals surface area contributed by atoms with Crippen LogP contribution in [0.15, 0.2) is 88.7 Å². The molecule has 6 rings (SSSR count). The number of hydrogen-bond donors (Lipinski definition) is 2. The third kappa shape index (κ3) is 5.58. The van der Waals surface area contributed by atoms with Crippen LogP contribution < -0.4 is 16.6 Å². The molecule has 0 bridgehead atoms. The number of fused-ring (bicyclic) bond motifs is 1. The molecule has 1 atom stereocenters. The highest BCUT2D eigenvalue weighted by atomic mass is 35.5. The number of nitrogens with two attached hydrogens (primary N) is 1. The number of para-hydroxylation sites is 1. The Morgan fingerprint density at radius 3 is 2.47 bits per heavy atom. The first-order valence-electron chi connectivity index (χ1n) is 14.0. The van der Waals surface area contributed by atoms with E-state index in [-0.39, 0.29) is 16.4 Å². The fourth-order valence-electron chi connectivity index (χ4n) is 5.39. The third-order valence-corrected chi connectivity index (χ3v) is 9.74. The summed E-state index contributed by atoms with van der Waals surface area (Å²) in [5.74, 6) is 0.831. The Morgan fingerprint density at radius 1 is 0.953 bits per heavy atom. The van der Waals surface area contributed by atoms with E-state index in [1.807, 2.05) is 37.3 Å². The second-order valence-corrected chi connectivity index (χ2v) is 12.8. The molecule has 0 radical (unpaired) electrons. The Kier molecular flexibility index (Phi) is 7.87. The van der Waals surface area contributed by atoms with E-state index in [1.54, 1.807) is 48.7 Å². The Labute approximate surface area is 254 Å². The molecule has 1 aliphatic rings. The smallest absolute Gasteiger partial charge is 0.267 e. The van der Waals surface area contributed by atoms with Crippen LogP contribution in [0.2, 0.25) is 5.02 Å². The average molecular weight is 616 g/mol. The van der Waals surface area contributed by atoms with Crippen LogP contribution in [0.25, 0.3) is 27.7 Å². The lowest BCUT2D eigenvalue weighted by atomic mass is 10.1. The van der Waals surface area contributed by atoms with Gasteiger partial charge in [0, 0.05) is 24.8 Å². The number of hydrogen-bond acceptors (Lipinski definition) is 8. The van der Waals surface area contributed by atoms with Crippen LogP contribution >= 0.6 is 11.6 Å². The minimum Gasteiger partial charge on any atom is -0.368 e. The summed E-state index contributed by atoms with van der Waals surface area (Å²) < 4.78 is 29.9. The highest BCUT2D eigenvalue weighted by molar-refractivity contribution is 7.89. The number of nitrogens with one attached hydrogen (secondary N) is 1. The third-order valence-electron chi connectivity index (χ3n) is 7.53. The number of benzene rings is 3. The standard InChI is InChI=1S/C31H30ClN7O3S/c1-20(29-36-26-15-9-14-25(32)27(26)30(40)39(29)22-11-4-2-5-12-22)35-28-24(19-34-31(33)37-28)21-10-8-13-23(18-21)43(41,42)38-16-6-3-7-17-38/h2,4-5,8-15,18-20H,3,6-7,16-17H2,1H3,(H3,33,34,35,37). The van der Waals surface area contributed by atoms with Gasteiger partial charge < -0.3 is 11.1 Å². The van der Waals surface area contributed by atoms with Gasteiger partial charge in [-0.1, -0.05) is 54.4 Å². The maximum absolute atomic E-state index is 13.8. The lowest BCUT2D eigenvalue weighted by Gasteiger charge is -2.26. The number of aromatic nitrogens is 4. The van der Waals surface area contributed by atoms with E-state index in [2.05, 4.69) is 15.3 Å². The van der Waals surface area contributed by atoms with Gasteiger partial charge in [-0.05, 0) is 61.7 Å². The summed E-state index contributed by atoms with van der Waals surface area (Å²) in [4.78, 5) is 27.5. The predicted octanol–water partition coefficient (Wildman–Crippen LogP) is 5.43. The van der Waals surface area contributed by atoms with Crippen molar-refractivity contribution in [1.29, 1.82) is 0 Å². The largest absolute Gasteiger partial charge is 0.368 e. The van der Waals surface area contributed by atoms with Gasteiger partial charge in [0.2, 0.25) is 16.0 Å². The molecule has 220 valence electrons. The molecular formula is C31H30ClN7O3S. The molecule has 3 aromatic carbocycles. The number of piperidine rings is 1. The number of rotatable bonds is 7. The molecule has 12 heteroatoms. The van der Waals surface area contributed by atoms with Gasteiger partial charge in [-0.15, -0.1) is 0 Å². The zero-order valence-electron chi connectivity index (χ0n) is 23.4. The molecule has 1 aliphatic heterocycles. The van der Waals surface area contributed by atoms with Crippen LogP contribution in [-0.2, 0) is 10.0 Å². The number of nitrogen functional groups attached to an aromatic ring is 1. The molecule has 1 saturated heterocycles. The van der Waals surface area contributed by atoms with Gasteiger partial charge in [0.15, 0.2) is 0 Å². The van der Waals surface area contributed by atoms with Crippen molar-refractivity contribution in [2.45, 2.75) is 37.1 Å². The molecule has 0 aliphatic carbocycles. The average Bonchev–Trinajstić information content (AvgIpc) is 3.02. The second kappa shape index (κ2) is 11.8. The summed E-state index contributed by atoms with van der Waals surface area (Å²) >= 11 is 6.44.